The van der Waals surface area contributed by atoms with Crippen molar-refractivity contribution in [2.45, 2.75) is 108 Å². The van der Waals surface area contributed by atoms with Crippen molar-refractivity contribution in [1.29, 1.82) is 0 Å². The van der Waals surface area contributed by atoms with Crippen LogP contribution in [-0.2, 0) is 4.74 Å². The molecule has 6 rings (SSSR count). The Morgan fingerprint density at radius 1 is 1.15 bits per heavy atom. The first-order valence-corrected chi connectivity index (χ1v) is 13.5. The number of rotatable bonds is 7. The Hall–Kier alpha value is -1.28. The zero-order chi connectivity index (χ0) is 22.6. The molecule has 0 amide bonds. The zero-order valence-corrected chi connectivity index (χ0v) is 20.7. The van der Waals surface area contributed by atoms with E-state index in [9.17, 15) is 0 Å². The highest BCUT2D eigenvalue weighted by Crippen LogP contribution is 2.45. The molecule has 0 aromatic carbocycles. The van der Waals surface area contributed by atoms with Gasteiger partial charge in [-0.3, -0.25) is 10.3 Å². The maximum absolute atomic E-state index is 6.47. The lowest BCUT2D eigenvalue weighted by molar-refractivity contribution is -0.0500. The lowest BCUT2D eigenvalue weighted by atomic mass is 9.79. The van der Waals surface area contributed by atoms with Gasteiger partial charge in [0.15, 0.2) is 0 Å². The number of hydrogen-bond donors (Lipinski definition) is 2. The molecule has 7 nitrogen and oxygen atoms in total. The van der Waals surface area contributed by atoms with E-state index < -0.39 is 0 Å². The molecule has 5 unspecified atom stereocenters. The Balaban J connectivity index is 1.11. The number of piperazine rings is 1. The first kappa shape index (κ1) is 22.2. The molecule has 6 atom stereocenters. The van der Waals surface area contributed by atoms with Gasteiger partial charge < -0.3 is 9.64 Å². The summed E-state index contributed by atoms with van der Waals surface area (Å²) >= 11 is 0. The van der Waals surface area contributed by atoms with E-state index in [0.29, 0.717) is 30.1 Å². The predicted molar refractivity (Wildman–Crippen MR) is 130 cm³/mol. The van der Waals surface area contributed by atoms with Crippen molar-refractivity contribution in [2.75, 3.05) is 24.5 Å². The molecule has 0 radical (unpaired) electrons. The van der Waals surface area contributed by atoms with E-state index in [2.05, 4.69) is 47.5 Å². The Labute approximate surface area is 199 Å². The van der Waals surface area contributed by atoms with Gasteiger partial charge in [0.1, 0.15) is 12.1 Å². The van der Waals surface area contributed by atoms with Gasteiger partial charge in [0.25, 0.3) is 0 Å². The standard InChI is InChI=1S/C26H42N6O/c1-17(12-19-4-5-19)32-11-10-31(15-18(32)2)24-14-23(27-16-28-24)25-21-13-20(33-26(3)8-9-26)6-7-22(21)29-30-25/h14,16-22,25,29-30H,4-13,15H2,1-3H3/t17?,18-,20?,21?,22?,25?/m1/s1. The Kier molecular flexibility index (Phi) is 5.88. The summed E-state index contributed by atoms with van der Waals surface area (Å²) in [6.07, 6.45) is 12.3. The summed E-state index contributed by atoms with van der Waals surface area (Å²) in [4.78, 5) is 14.6. The van der Waals surface area contributed by atoms with Crippen LogP contribution in [0.2, 0.25) is 0 Å². The lowest BCUT2D eigenvalue weighted by Gasteiger charge is -2.43. The minimum Gasteiger partial charge on any atom is -0.372 e. The first-order chi connectivity index (χ1) is 16.0. The minimum absolute atomic E-state index is 0.156. The maximum Gasteiger partial charge on any atom is 0.132 e. The van der Waals surface area contributed by atoms with Crippen molar-refractivity contribution < 1.29 is 4.74 Å². The number of anilines is 1. The van der Waals surface area contributed by atoms with Crippen LogP contribution in [0.5, 0.6) is 0 Å². The number of fused-ring (bicyclic) bond motifs is 1. The second kappa shape index (κ2) is 8.74. The van der Waals surface area contributed by atoms with Gasteiger partial charge in [-0.25, -0.2) is 15.4 Å². The molecular weight excluding hydrogens is 412 g/mol. The van der Waals surface area contributed by atoms with Crippen LogP contribution in [0.3, 0.4) is 0 Å². The van der Waals surface area contributed by atoms with Gasteiger partial charge in [0.2, 0.25) is 0 Å². The number of ether oxygens (including phenoxy) is 1. The molecule has 1 aromatic rings. The van der Waals surface area contributed by atoms with Gasteiger partial charge in [0, 0.05) is 49.7 Å². The number of nitrogens with one attached hydrogen (secondary N) is 2. The summed E-state index contributed by atoms with van der Waals surface area (Å²) in [7, 11) is 0. The molecule has 7 heteroatoms. The SMILES string of the molecule is CC(CC1CC1)N1CCN(c2cc(C3NNC4CCC(OC5(C)CC5)CC43)ncn2)C[C@H]1C. The molecule has 2 saturated heterocycles. The lowest BCUT2D eigenvalue weighted by Crippen LogP contribution is -2.55. The predicted octanol–water partition coefficient (Wildman–Crippen LogP) is 3.43. The van der Waals surface area contributed by atoms with Crippen LogP contribution in [0.1, 0.15) is 83.9 Å². The minimum atomic E-state index is 0.156. The smallest absolute Gasteiger partial charge is 0.132 e. The van der Waals surface area contributed by atoms with E-state index in [1.807, 2.05) is 0 Å². The Morgan fingerprint density at radius 3 is 2.76 bits per heavy atom. The van der Waals surface area contributed by atoms with E-state index in [1.54, 1.807) is 6.33 Å². The van der Waals surface area contributed by atoms with Crippen molar-refractivity contribution >= 4 is 5.82 Å². The molecule has 5 aliphatic rings. The molecule has 1 aromatic heterocycles. The van der Waals surface area contributed by atoms with Crippen molar-refractivity contribution in [1.82, 2.24) is 25.7 Å². The summed E-state index contributed by atoms with van der Waals surface area (Å²) in [5.74, 6) is 2.59. The highest BCUT2D eigenvalue weighted by molar-refractivity contribution is 5.41. The molecule has 0 bridgehead atoms. The summed E-state index contributed by atoms with van der Waals surface area (Å²) < 4.78 is 6.47. The van der Waals surface area contributed by atoms with Crippen molar-refractivity contribution in [3.63, 3.8) is 0 Å². The van der Waals surface area contributed by atoms with Crippen LogP contribution < -0.4 is 15.8 Å². The molecule has 3 aliphatic carbocycles. The summed E-state index contributed by atoms with van der Waals surface area (Å²) in [6, 6.07) is 4.23. The van der Waals surface area contributed by atoms with Gasteiger partial charge in [-0.05, 0) is 65.2 Å². The molecule has 33 heavy (non-hydrogen) atoms. The third-order valence-electron chi connectivity index (χ3n) is 9.04. The number of aromatic nitrogens is 2. The van der Waals surface area contributed by atoms with Gasteiger partial charge in [0.05, 0.1) is 23.4 Å². The molecule has 2 N–H and O–H groups in total. The van der Waals surface area contributed by atoms with Crippen LogP contribution >= 0.6 is 0 Å². The topological polar surface area (TPSA) is 65.5 Å². The molecule has 5 fully saturated rings. The monoisotopic (exact) mass is 454 g/mol. The van der Waals surface area contributed by atoms with Crippen LogP contribution in [-0.4, -0.2) is 64.3 Å². The highest BCUT2D eigenvalue weighted by Gasteiger charge is 2.46. The van der Waals surface area contributed by atoms with E-state index in [1.165, 1.54) is 38.5 Å². The van der Waals surface area contributed by atoms with E-state index in [4.69, 9.17) is 14.7 Å². The number of hydrogen-bond acceptors (Lipinski definition) is 7. The van der Waals surface area contributed by atoms with Crippen LogP contribution in [0.4, 0.5) is 5.82 Å². The summed E-state index contributed by atoms with van der Waals surface area (Å²) in [6.45, 7) is 10.3. The van der Waals surface area contributed by atoms with E-state index in [-0.39, 0.29) is 11.6 Å². The second-order valence-corrected chi connectivity index (χ2v) is 11.9. The fourth-order valence-corrected chi connectivity index (χ4v) is 6.62. The van der Waals surface area contributed by atoms with Crippen LogP contribution in [0, 0.1) is 11.8 Å². The molecule has 182 valence electrons. The van der Waals surface area contributed by atoms with Gasteiger partial charge in [-0.15, -0.1) is 0 Å². The van der Waals surface area contributed by atoms with Gasteiger partial charge >= 0.3 is 0 Å². The Bertz CT molecular complexity index is 842. The first-order valence-electron chi connectivity index (χ1n) is 13.5. The van der Waals surface area contributed by atoms with Crippen molar-refractivity contribution in [3.05, 3.63) is 18.1 Å². The van der Waals surface area contributed by atoms with Gasteiger partial charge in [-0.2, -0.15) is 0 Å². The van der Waals surface area contributed by atoms with Crippen LogP contribution in [0.15, 0.2) is 12.4 Å². The Morgan fingerprint density at radius 2 is 2.00 bits per heavy atom. The average molecular weight is 455 g/mol. The molecule has 3 heterocycles. The number of nitrogens with zero attached hydrogens (tertiary/aromatic N) is 4. The quantitative estimate of drug-likeness (QED) is 0.654. The fraction of sp³-hybridized carbons (Fsp3) is 0.846. The second-order valence-electron chi connectivity index (χ2n) is 11.9. The average Bonchev–Trinajstić information content (AvgIpc) is 3.72. The molecule has 2 aliphatic heterocycles. The van der Waals surface area contributed by atoms with Crippen LogP contribution in [0.25, 0.3) is 0 Å². The third-order valence-corrected chi connectivity index (χ3v) is 9.04. The molecule has 0 spiro atoms. The molecule has 3 saturated carbocycles. The van der Waals surface area contributed by atoms with Crippen molar-refractivity contribution in [2.24, 2.45) is 11.8 Å². The summed E-state index contributed by atoms with van der Waals surface area (Å²) in [5, 5.41) is 0. The number of hydrazine groups is 1. The maximum atomic E-state index is 6.47. The zero-order valence-electron chi connectivity index (χ0n) is 20.7. The normalized spacial score (nSPS) is 37.1. The molecular formula is C26H42N6O. The third kappa shape index (κ3) is 4.79. The van der Waals surface area contributed by atoms with E-state index in [0.717, 1.165) is 49.9 Å². The van der Waals surface area contributed by atoms with Gasteiger partial charge in [-0.1, -0.05) is 12.8 Å². The fourth-order valence-electron chi connectivity index (χ4n) is 6.62. The van der Waals surface area contributed by atoms with E-state index >= 15 is 0 Å². The highest BCUT2D eigenvalue weighted by atomic mass is 16.5. The summed E-state index contributed by atoms with van der Waals surface area (Å²) in [5.41, 5.74) is 8.42. The van der Waals surface area contributed by atoms with Crippen molar-refractivity contribution in [3.8, 4) is 0 Å². The largest absolute Gasteiger partial charge is 0.372 e.